The molecule has 1 aromatic heterocycles. The first-order valence-electron chi connectivity index (χ1n) is 9.02. The summed E-state index contributed by atoms with van der Waals surface area (Å²) in [5, 5.41) is 13.8. The van der Waals surface area contributed by atoms with Crippen LogP contribution >= 0.6 is 22.9 Å². The summed E-state index contributed by atoms with van der Waals surface area (Å²) in [5.74, 6) is 0.297. The van der Waals surface area contributed by atoms with E-state index in [4.69, 9.17) is 21.6 Å². The van der Waals surface area contributed by atoms with Gasteiger partial charge in [0.25, 0.3) is 10.0 Å². The molecular formula is C20H17ClN4O4S2. The maximum Gasteiger partial charge on any atom is 0.263 e. The van der Waals surface area contributed by atoms with Gasteiger partial charge in [-0.3, -0.25) is 9.52 Å². The van der Waals surface area contributed by atoms with Crippen LogP contribution in [0.2, 0.25) is 5.02 Å². The second-order valence-electron chi connectivity index (χ2n) is 6.22. The van der Waals surface area contributed by atoms with E-state index in [0.29, 0.717) is 35.1 Å². The number of anilines is 2. The number of nitrogens with one attached hydrogen (secondary N) is 2. The second kappa shape index (κ2) is 10.3. The number of carbonyl (C=O) groups excluding carboxylic acids is 1. The van der Waals surface area contributed by atoms with Crippen molar-refractivity contribution in [3.8, 4) is 11.8 Å². The number of hydrogen-bond acceptors (Lipinski definition) is 7. The molecule has 0 aliphatic carbocycles. The topological polar surface area (TPSA) is 121 Å². The van der Waals surface area contributed by atoms with Gasteiger partial charge in [-0.2, -0.15) is 5.26 Å². The van der Waals surface area contributed by atoms with E-state index in [9.17, 15) is 13.2 Å². The summed E-state index contributed by atoms with van der Waals surface area (Å²) in [5.41, 5.74) is 0.851. The number of benzene rings is 2. The first-order valence-corrected chi connectivity index (χ1v) is 11.8. The minimum Gasteiger partial charge on any atom is -0.494 e. The van der Waals surface area contributed by atoms with Gasteiger partial charge in [0.05, 0.1) is 22.1 Å². The van der Waals surface area contributed by atoms with Crippen LogP contribution in [-0.4, -0.2) is 25.9 Å². The van der Waals surface area contributed by atoms with E-state index in [0.717, 1.165) is 0 Å². The van der Waals surface area contributed by atoms with Gasteiger partial charge in [-0.05, 0) is 42.8 Å². The van der Waals surface area contributed by atoms with Crippen LogP contribution in [0, 0.1) is 11.3 Å². The van der Waals surface area contributed by atoms with Crippen molar-refractivity contribution >= 4 is 49.7 Å². The molecule has 0 aliphatic heterocycles. The van der Waals surface area contributed by atoms with Crippen molar-refractivity contribution in [2.45, 2.75) is 17.7 Å². The van der Waals surface area contributed by atoms with Gasteiger partial charge in [0, 0.05) is 29.8 Å². The first kappa shape index (κ1) is 22.6. The summed E-state index contributed by atoms with van der Waals surface area (Å²) in [7, 11) is -3.74. The quantitative estimate of drug-likeness (QED) is 0.445. The normalized spacial score (nSPS) is 10.8. The van der Waals surface area contributed by atoms with Crippen molar-refractivity contribution in [3.05, 3.63) is 64.6 Å². The van der Waals surface area contributed by atoms with Crippen molar-refractivity contribution in [1.82, 2.24) is 4.98 Å². The molecule has 160 valence electrons. The molecule has 1 amide bonds. The Bertz CT molecular complexity index is 1190. The van der Waals surface area contributed by atoms with Crippen LogP contribution in [0.15, 0.2) is 58.9 Å². The molecule has 0 bridgehead atoms. The van der Waals surface area contributed by atoms with E-state index in [1.807, 2.05) is 6.07 Å². The van der Waals surface area contributed by atoms with Crippen LogP contribution in [0.25, 0.3) is 0 Å². The minimum absolute atomic E-state index is 0.0650. The van der Waals surface area contributed by atoms with E-state index < -0.39 is 10.0 Å². The summed E-state index contributed by atoms with van der Waals surface area (Å²) in [4.78, 5) is 16.1. The lowest BCUT2D eigenvalue weighted by Crippen LogP contribution is -2.14. The number of aromatic nitrogens is 1. The van der Waals surface area contributed by atoms with Crippen LogP contribution < -0.4 is 14.8 Å². The molecule has 0 radical (unpaired) electrons. The summed E-state index contributed by atoms with van der Waals surface area (Å²) >= 11 is 7.12. The predicted octanol–water partition coefficient (Wildman–Crippen LogP) is 4.27. The summed E-state index contributed by atoms with van der Waals surface area (Å²) in [6, 6.07) is 12.6. The molecule has 0 saturated carbocycles. The van der Waals surface area contributed by atoms with Crippen molar-refractivity contribution < 1.29 is 17.9 Å². The highest BCUT2D eigenvalue weighted by Crippen LogP contribution is 2.22. The molecule has 0 atom stereocenters. The number of amides is 1. The zero-order valence-electron chi connectivity index (χ0n) is 16.0. The molecule has 0 aliphatic rings. The smallest absolute Gasteiger partial charge is 0.263 e. The van der Waals surface area contributed by atoms with Gasteiger partial charge in [0.1, 0.15) is 11.8 Å². The number of sulfonamides is 1. The van der Waals surface area contributed by atoms with E-state index >= 15 is 0 Å². The Labute approximate surface area is 188 Å². The molecule has 0 saturated heterocycles. The van der Waals surface area contributed by atoms with E-state index in [1.54, 1.807) is 23.6 Å². The van der Waals surface area contributed by atoms with Crippen molar-refractivity contribution in [1.29, 1.82) is 5.26 Å². The third-order valence-electron chi connectivity index (χ3n) is 3.98. The van der Waals surface area contributed by atoms with Crippen LogP contribution in [0.3, 0.4) is 0 Å². The van der Waals surface area contributed by atoms with Gasteiger partial charge in [0.2, 0.25) is 5.91 Å². The Morgan fingerprint density at radius 2 is 2.00 bits per heavy atom. The average molecular weight is 477 g/mol. The number of nitrogens with zero attached hydrogens (tertiary/aromatic N) is 2. The molecule has 1 heterocycles. The Morgan fingerprint density at radius 1 is 1.23 bits per heavy atom. The molecule has 31 heavy (non-hydrogen) atoms. The highest BCUT2D eigenvalue weighted by Gasteiger charge is 2.15. The number of nitriles is 1. The fourth-order valence-electron chi connectivity index (χ4n) is 2.49. The van der Waals surface area contributed by atoms with Gasteiger partial charge in [0.15, 0.2) is 5.13 Å². The third kappa shape index (κ3) is 6.42. The zero-order chi connectivity index (χ0) is 22.3. The Kier molecular flexibility index (Phi) is 7.46. The lowest BCUT2D eigenvalue weighted by atomic mass is 10.2. The van der Waals surface area contributed by atoms with Gasteiger partial charge in [-0.15, -0.1) is 11.3 Å². The number of rotatable bonds is 9. The van der Waals surface area contributed by atoms with E-state index in [1.165, 1.54) is 41.8 Å². The molecule has 2 N–H and O–H groups in total. The highest BCUT2D eigenvalue weighted by molar-refractivity contribution is 7.93. The molecule has 0 fully saturated rings. The molecule has 3 aromatic rings. The maximum atomic E-state index is 12.3. The molecular weight excluding hydrogens is 460 g/mol. The monoisotopic (exact) mass is 476 g/mol. The van der Waals surface area contributed by atoms with E-state index in [-0.39, 0.29) is 22.4 Å². The van der Waals surface area contributed by atoms with Crippen LogP contribution in [0.4, 0.5) is 10.8 Å². The van der Waals surface area contributed by atoms with E-state index in [2.05, 4.69) is 15.0 Å². The molecule has 8 nitrogen and oxygen atoms in total. The molecule has 0 spiro atoms. The SMILES string of the molecule is N#Cc1ccc(OCCCC(=O)Nc2ccc(S(=O)(=O)Nc3nccs3)cc2)cc1Cl. The molecule has 11 heteroatoms. The number of ether oxygens (including phenoxy) is 1. The van der Waals surface area contributed by atoms with Gasteiger partial charge < -0.3 is 10.1 Å². The van der Waals surface area contributed by atoms with Gasteiger partial charge in [-0.1, -0.05) is 11.6 Å². The lowest BCUT2D eigenvalue weighted by Gasteiger charge is -2.09. The average Bonchev–Trinajstić information content (AvgIpc) is 3.24. The third-order valence-corrected chi connectivity index (χ3v) is 6.47. The molecule has 0 unspecified atom stereocenters. The second-order valence-corrected chi connectivity index (χ2v) is 9.20. The largest absolute Gasteiger partial charge is 0.494 e. The molecule has 2 aromatic carbocycles. The Balaban J connectivity index is 1.45. The van der Waals surface area contributed by atoms with Gasteiger partial charge in [-0.25, -0.2) is 13.4 Å². The minimum atomic E-state index is -3.74. The lowest BCUT2D eigenvalue weighted by molar-refractivity contribution is -0.116. The van der Waals surface area contributed by atoms with Crippen molar-refractivity contribution in [3.63, 3.8) is 0 Å². The zero-order valence-corrected chi connectivity index (χ0v) is 18.4. The summed E-state index contributed by atoms with van der Waals surface area (Å²) in [6.07, 6.45) is 2.19. The number of halogens is 1. The predicted molar refractivity (Wildman–Crippen MR) is 119 cm³/mol. The number of carbonyl (C=O) groups is 1. The summed E-state index contributed by atoms with van der Waals surface area (Å²) < 4.78 is 32.5. The van der Waals surface area contributed by atoms with Crippen LogP contribution in [0.5, 0.6) is 5.75 Å². The first-order chi connectivity index (χ1) is 14.9. The fraction of sp³-hybridized carbons (Fsp3) is 0.150. The van der Waals surface area contributed by atoms with Crippen LogP contribution in [-0.2, 0) is 14.8 Å². The molecule has 3 rings (SSSR count). The van der Waals surface area contributed by atoms with Crippen molar-refractivity contribution in [2.24, 2.45) is 0 Å². The van der Waals surface area contributed by atoms with Crippen molar-refractivity contribution in [2.75, 3.05) is 16.6 Å². The summed E-state index contributed by atoms with van der Waals surface area (Å²) in [6.45, 7) is 0.301. The fourth-order valence-corrected chi connectivity index (χ4v) is 4.49. The maximum absolute atomic E-state index is 12.3. The number of hydrogen-bond donors (Lipinski definition) is 2. The highest BCUT2D eigenvalue weighted by atomic mass is 35.5. The van der Waals surface area contributed by atoms with Crippen LogP contribution in [0.1, 0.15) is 18.4 Å². The Hall–Kier alpha value is -3.13. The van der Waals surface area contributed by atoms with Gasteiger partial charge >= 0.3 is 0 Å². The standard InChI is InChI=1S/C20H17ClN4O4S2/c21-18-12-16(6-3-14(18)13-22)29-10-1-2-19(26)24-15-4-7-17(8-5-15)31(27,28)25-20-23-9-11-30-20/h3-9,11-12H,1-2,10H2,(H,23,25)(H,24,26). The Morgan fingerprint density at radius 3 is 2.65 bits per heavy atom. The number of thiazole rings is 1.